The number of fused-ring (bicyclic) bond motifs is 1. The minimum Gasteiger partial charge on any atom is -0.328 e. The number of hydrogen-bond acceptors (Lipinski definition) is 3. The Morgan fingerprint density at radius 1 is 1.26 bits per heavy atom. The first kappa shape index (κ1) is 14.0. The van der Waals surface area contributed by atoms with Crippen LogP contribution in [-0.2, 0) is 6.54 Å². The molecule has 0 saturated heterocycles. The summed E-state index contributed by atoms with van der Waals surface area (Å²) in [4.78, 5) is 7.16. The smallest absolute Gasteiger partial charge is 0.124 e. The van der Waals surface area contributed by atoms with Gasteiger partial charge in [0.25, 0.3) is 0 Å². The van der Waals surface area contributed by atoms with Gasteiger partial charge in [-0.25, -0.2) is 4.98 Å². The van der Waals surface area contributed by atoms with Crippen LogP contribution in [0.4, 0.5) is 0 Å². The number of rotatable bonds is 6. The molecule has 0 radical (unpaired) electrons. The third-order valence-electron chi connectivity index (χ3n) is 3.71. The second-order valence-electron chi connectivity index (χ2n) is 4.93. The van der Waals surface area contributed by atoms with Crippen LogP contribution in [0.3, 0.4) is 0 Å². The van der Waals surface area contributed by atoms with Crippen LogP contribution < -0.4 is 5.73 Å². The highest BCUT2D eigenvalue weighted by Gasteiger charge is 2.16. The summed E-state index contributed by atoms with van der Waals surface area (Å²) in [5.74, 6) is 1.11. The summed E-state index contributed by atoms with van der Waals surface area (Å²) in [7, 11) is 0. The first-order valence-corrected chi connectivity index (χ1v) is 7.09. The van der Waals surface area contributed by atoms with Crippen LogP contribution in [0.2, 0.25) is 0 Å². The van der Waals surface area contributed by atoms with Crippen molar-refractivity contribution in [3.8, 4) is 0 Å². The Hall–Kier alpha value is -1.39. The highest BCUT2D eigenvalue weighted by atomic mass is 15.2. The molecule has 19 heavy (non-hydrogen) atoms. The Morgan fingerprint density at radius 3 is 2.58 bits per heavy atom. The van der Waals surface area contributed by atoms with Gasteiger partial charge in [0.05, 0.1) is 17.6 Å². The maximum absolute atomic E-state index is 5.86. The number of benzene rings is 1. The Balaban J connectivity index is 2.46. The van der Waals surface area contributed by atoms with E-state index in [4.69, 9.17) is 10.7 Å². The maximum atomic E-state index is 5.86. The third kappa shape index (κ3) is 2.80. The molecule has 4 nitrogen and oxygen atoms in total. The molecule has 2 rings (SSSR count). The molecule has 2 aromatic rings. The molecule has 104 valence electrons. The number of imidazole rings is 1. The average molecular weight is 260 g/mol. The van der Waals surface area contributed by atoms with Gasteiger partial charge in [-0.1, -0.05) is 26.0 Å². The summed E-state index contributed by atoms with van der Waals surface area (Å²) in [5, 5.41) is 0. The molecule has 0 saturated carbocycles. The van der Waals surface area contributed by atoms with Crippen LogP contribution >= 0.6 is 0 Å². The zero-order chi connectivity index (χ0) is 13.8. The van der Waals surface area contributed by atoms with Crippen LogP contribution in [0.25, 0.3) is 11.0 Å². The van der Waals surface area contributed by atoms with Gasteiger partial charge in [-0.3, -0.25) is 4.90 Å². The summed E-state index contributed by atoms with van der Waals surface area (Å²) in [6, 6.07) is 8.57. The summed E-state index contributed by atoms with van der Waals surface area (Å²) < 4.78 is 2.29. The van der Waals surface area contributed by atoms with E-state index >= 15 is 0 Å². The zero-order valence-electron chi connectivity index (χ0n) is 12.1. The number of nitrogens with two attached hydrogens (primary N) is 1. The molecule has 4 heteroatoms. The fraction of sp³-hybridized carbons (Fsp3) is 0.533. The molecular weight excluding hydrogens is 236 g/mol. The van der Waals surface area contributed by atoms with Crippen LogP contribution in [-0.4, -0.2) is 34.1 Å². The number of aromatic nitrogens is 2. The quantitative estimate of drug-likeness (QED) is 0.867. The lowest BCUT2D eigenvalue weighted by atomic mass is 10.2. The average Bonchev–Trinajstić information content (AvgIpc) is 2.81. The zero-order valence-corrected chi connectivity index (χ0v) is 12.1. The van der Waals surface area contributed by atoms with Gasteiger partial charge in [0.15, 0.2) is 0 Å². The molecule has 1 heterocycles. The number of hydrogen-bond donors (Lipinski definition) is 1. The minimum atomic E-state index is 0.276. The van der Waals surface area contributed by atoms with Crippen molar-refractivity contribution in [2.45, 2.75) is 33.4 Å². The van der Waals surface area contributed by atoms with E-state index in [0.717, 1.165) is 31.0 Å². The molecule has 0 fully saturated rings. The SMILES string of the molecule is CCN(CC)Cc1nc2ccccc2n1C(C)CN. The topological polar surface area (TPSA) is 47.1 Å². The van der Waals surface area contributed by atoms with Crippen molar-refractivity contribution < 1.29 is 0 Å². The number of para-hydroxylation sites is 2. The summed E-state index contributed by atoms with van der Waals surface area (Å²) in [6.45, 7) is 10.1. The largest absolute Gasteiger partial charge is 0.328 e. The molecule has 0 amide bonds. The van der Waals surface area contributed by atoms with E-state index in [1.165, 1.54) is 5.52 Å². The van der Waals surface area contributed by atoms with Crippen molar-refractivity contribution in [3.05, 3.63) is 30.1 Å². The highest BCUT2D eigenvalue weighted by molar-refractivity contribution is 5.76. The molecule has 0 aliphatic carbocycles. The molecule has 0 aliphatic rings. The van der Waals surface area contributed by atoms with Crippen LogP contribution in [0.5, 0.6) is 0 Å². The summed E-state index contributed by atoms with van der Waals surface area (Å²) in [5.41, 5.74) is 8.10. The van der Waals surface area contributed by atoms with Crippen molar-refractivity contribution in [2.75, 3.05) is 19.6 Å². The third-order valence-corrected chi connectivity index (χ3v) is 3.71. The minimum absolute atomic E-state index is 0.276. The molecule has 2 N–H and O–H groups in total. The van der Waals surface area contributed by atoms with Crippen molar-refractivity contribution in [1.29, 1.82) is 0 Å². The first-order valence-electron chi connectivity index (χ1n) is 7.09. The van der Waals surface area contributed by atoms with Crippen molar-refractivity contribution >= 4 is 11.0 Å². The Morgan fingerprint density at radius 2 is 1.95 bits per heavy atom. The van der Waals surface area contributed by atoms with Gasteiger partial charge in [-0.05, 0) is 32.1 Å². The molecule has 1 aromatic heterocycles. The normalized spacial score (nSPS) is 13.3. The Kier molecular flexibility index (Phi) is 4.56. The summed E-state index contributed by atoms with van der Waals surface area (Å²) >= 11 is 0. The predicted octanol–water partition coefficient (Wildman–Crippen LogP) is 2.40. The van der Waals surface area contributed by atoms with Gasteiger partial charge in [-0.2, -0.15) is 0 Å². The standard InChI is InChI=1S/C15H24N4/c1-4-18(5-2)11-15-17-13-8-6-7-9-14(13)19(15)12(3)10-16/h6-9,12H,4-5,10-11,16H2,1-3H3. The molecule has 1 unspecified atom stereocenters. The molecule has 1 atom stereocenters. The van der Waals surface area contributed by atoms with Gasteiger partial charge < -0.3 is 10.3 Å². The van der Waals surface area contributed by atoms with Crippen LogP contribution in [0.1, 0.15) is 32.6 Å². The molecule has 0 aliphatic heterocycles. The predicted molar refractivity (Wildman–Crippen MR) is 80.1 cm³/mol. The van der Waals surface area contributed by atoms with Crippen molar-refractivity contribution in [3.63, 3.8) is 0 Å². The highest BCUT2D eigenvalue weighted by Crippen LogP contribution is 2.21. The van der Waals surface area contributed by atoms with Gasteiger partial charge >= 0.3 is 0 Å². The fourth-order valence-corrected chi connectivity index (χ4v) is 2.45. The maximum Gasteiger partial charge on any atom is 0.124 e. The van der Waals surface area contributed by atoms with E-state index in [9.17, 15) is 0 Å². The molecule has 0 spiro atoms. The van der Waals surface area contributed by atoms with Crippen LogP contribution in [0.15, 0.2) is 24.3 Å². The lowest BCUT2D eigenvalue weighted by Gasteiger charge is -2.21. The van der Waals surface area contributed by atoms with E-state index in [1.54, 1.807) is 0 Å². The molecule has 1 aromatic carbocycles. The van der Waals surface area contributed by atoms with Crippen molar-refractivity contribution in [1.82, 2.24) is 14.5 Å². The van der Waals surface area contributed by atoms with E-state index in [1.807, 2.05) is 6.07 Å². The van der Waals surface area contributed by atoms with Gasteiger partial charge in [0, 0.05) is 12.6 Å². The molecular formula is C15H24N4. The first-order chi connectivity index (χ1) is 9.21. The van der Waals surface area contributed by atoms with Crippen LogP contribution in [0, 0.1) is 0 Å². The lowest BCUT2D eigenvalue weighted by molar-refractivity contribution is 0.281. The van der Waals surface area contributed by atoms with E-state index in [-0.39, 0.29) is 6.04 Å². The number of nitrogens with zero attached hydrogens (tertiary/aromatic N) is 3. The Labute approximate surface area is 115 Å². The molecule has 0 bridgehead atoms. The summed E-state index contributed by atoms with van der Waals surface area (Å²) in [6.07, 6.45) is 0. The van der Waals surface area contributed by atoms with Gasteiger partial charge in [-0.15, -0.1) is 0 Å². The fourth-order valence-electron chi connectivity index (χ4n) is 2.45. The van der Waals surface area contributed by atoms with Gasteiger partial charge in [0.2, 0.25) is 0 Å². The monoisotopic (exact) mass is 260 g/mol. The van der Waals surface area contributed by atoms with E-state index in [0.29, 0.717) is 6.54 Å². The van der Waals surface area contributed by atoms with E-state index < -0.39 is 0 Å². The van der Waals surface area contributed by atoms with Gasteiger partial charge in [0.1, 0.15) is 5.82 Å². The van der Waals surface area contributed by atoms with E-state index in [2.05, 4.69) is 48.4 Å². The second-order valence-corrected chi connectivity index (χ2v) is 4.93. The Bertz CT molecular complexity index is 528. The second kappa shape index (κ2) is 6.17. The lowest BCUT2D eigenvalue weighted by Crippen LogP contribution is -2.26. The van der Waals surface area contributed by atoms with Crippen molar-refractivity contribution in [2.24, 2.45) is 5.73 Å².